The van der Waals surface area contributed by atoms with Gasteiger partial charge in [0.05, 0.1) is 13.0 Å². The van der Waals surface area contributed by atoms with Crippen LogP contribution >= 0.6 is 12.3 Å². The molecule has 1 fully saturated rings. The molecule has 0 aromatic heterocycles. The smallest absolute Gasteiger partial charge is 0.306 e. The molecule has 1 aliphatic rings. The molecule has 4 N–H and O–H groups in total. The van der Waals surface area contributed by atoms with Crippen molar-refractivity contribution < 1.29 is 57.6 Å². The van der Waals surface area contributed by atoms with Gasteiger partial charge in [0.15, 0.2) is 24.7 Å². The number of rotatable bonds is 36. The van der Waals surface area contributed by atoms with E-state index in [4.69, 9.17) is 23.7 Å². The van der Waals surface area contributed by atoms with Crippen LogP contribution < -0.4 is 5.32 Å². The average Bonchev–Trinajstić information content (AvgIpc) is 3.27. The summed E-state index contributed by atoms with van der Waals surface area (Å²) in [6.45, 7) is 1.55. The minimum Gasteiger partial charge on any atom is -0.462 e. The molecule has 6 atom stereocenters. The van der Waals surface area contributed by atoms with Gasteiger partial charge in [-0.3, -0.25) is 18.6 Å². The van der Waals surface area contributed by atoms with Crippen molar-refractivity contribution in [1.29, 1.82) is 0 Å². The second-order valence-electron chi connectivity index (χ2n) is 16.5. The first-order valence-electron chi connectivity index (χ1n) is 23.3. The lowest BCUT2D eigenvalue weighted by atomic mass is 9.96. The Morgan fingerprint density at radius 3 is 1.76 bits per heavy atom. The van der Waals surface area contributed by atoms with Gasteiger partial charge in [0.1, 0.15) is 24.4 Å². The number of carbonyl (C=O) groups excluding carboxylic acids is 3. The van der Waals surface area contributed by atoms with Crippen LogP contribution in [0.5, 0.6) is 0 Å². The zero-order valence-electron chi connectivity index (χ0n) is 37.0. The van der Waals surface area contributed by atoms with Crippen LogP contribution in [-0.2, 0) is 55.0 Å². The maximum atomic E-state index is 13.7. The van der Waals surface area contributed by atoms with Crippen molar-refractivity contribution in [3.05, 3.63) is 71.8 Å². The van der Waals surface area contributed by atoms with Crippen LogP contribution in [0.3, 0.4) is 0 Å². The first kappa shape index (κ1) is 53.3. The van der Waals surface area contributed by atoms with Gasteiger partial charge in [-0.15, -0.1) is 4.33 Å². The minimum absolute atomic E-state index is 0.0861. The molecule has 2 aromatic carbocycles. The molecule has 1 aliphatic heterocycles. The van der Waals surface area contributed by atoms with E-state index in [2.05, 4.69) is 58.0 Å². The first-order chi connectivity index (χ1) is 30.3. The molecule has 62 heavy (non-hydrogen) atoms. The van der Waals surface area contributed by atoms with Gasteiger partial charge in [-0.25, -0.2) is 5.26 Å². The lowest BCUT2D eigenvalue weighted by molar-refractivity contribution is -0.435. The third-order valence-electron chi connectivity index (χ3n) is 11.4. The van der Waals surface area contributed by atoms with Crippen molar-refractivity contribution in [2.75, 3.05) is 6.61 Å². The zero-order chi connectivity index (χ0) is 44.5. The molecule has 2 aromatic rings. The number of nitrogens with one attached hydrogen (secondary N) is 1. The number of hydrogen-bond donors (Lipinski definition) is 4. The van der Waals surface area contributed by atoms with Crippen molar-refractivity contribution in [3.63, 3.8) is 0 Å². The maximum absolute atomic E-state index is 13.7. The lowest BCUT2D eigenvalue weighted by Crippen LogP contribution is -2.65. The van der Waals surface area contributed by atoms with Crippen LogP contribution in [0.2, 0.25) is 0 Å². The molecule has 1 amide bonds. The molecule has 350 valence electrons. The van der Waals surface area contributed by atoms with Gasteiger partial charge < -0.3 is 29.7 Å². The molecule has 0 aliphatic carbocycles. The van der Waals surface area contributed by atoms with E-state index in [0.717, 1.165) is 109 Å². The number of esters is 2. The predicted octanol–water partition coefficient (Wildman–Crippen LogP) is 9.85. The lowest BCUT2D eigenvalue weighted by Gasteiger charge is -2.43. The van der Waals surface area contributed by atoms with Gasteiger partial charge in [-0.1, -0.05) is 163 Å². The molecule has 14 heteroatoms. The summed E-state index contributed by atoms with van der Waals surface area (Å²) in [6, 6.07) is 19.5. The number of hydrogen-bond acceptors (Lipinski definition) is 13. The fourth-order valence-corrected chi connectivity index (χ4v) is 8.27. The molecule has 3 rings (SSSR count). The SMILES string of the molecule is CCCCCCCCC[C@@H](CC(=O)N[C@H]1C(O)O[C@H](CO)[C@@H](OSOOO)[C@@H]1OC(=O)CCCCCCCCc1ccccc1)OC(=O)CCCCCCCCc1ccccc1. The summed E-state index contributed by atoms with van der Waals surface area (Å²) in [7, 11) is 0. The Labute approximate surface area is 374 Å². The number of carbonyl (C=O) groups is 3. The van der Waals surface area contributed by atoms with Crippen molar-refractivity contribution in [2.24, 2.45) is 0 Å². The Bertz CT molecular complexity index is 1440. The molecule has 0 bridgehead atoms. The van der Waals surface area contributed by atoms with Crippen LogP contribution in [0.15, 0.2) is 60.7 Å². The predicted molar refractivity (Wildman–Crippen MR) is 239 cm³/mol. The van der Waals surface area contributed by atoms with Gasteiger partial charge in [0.25, 0.3) is 0 Å². The van der Waals surface area contributed by atoms with E-state index in [0.29, 0.717) is 19.3 Å². The van der Waals surface area contributed by atoms with Gasteiger partial charge >= 0.3 is 11.9 Å². The van der Waals surface area contributed by atoms with E-state index in [1.807, 2.05) is 24.3 Å². The number of ether oxygens (including phenoxy) is 3. The average molecular weight is 890 g/mol. The fraction of sp³-hybridized carbons (Fsp3) is 0.688. The highest BCUT2D eigenvalue weighted by Gasteiger charge is 2.49. The molecule has 13 nitrogen and oxygen atoms in total. The first-order valence-corrected chi connectivity index (χ1v) is 24.0. The highest BCUT2D eigenvalue weighted by atomic mass is 32.2. The molecular formula is C48H75NO12S. The number of benzene rings is 2. The third kappa shape index (κ3) is 23.6. The minimum atomic E-state index is -1.69. The van der Waals surface area contributed by atoms with E-state index in [-0.39, 0.29) is 37.6 Å². The summed E-state index contributed by atoms with van der Waals surface area (Å²) in [5.74, 6) is -1.48. The van der Waals surface area contributed by atoms with Crippen molar-refractivity contribution in [2.45, 2.75) is 204 Å². The Balaban J connectivity index is 1.53. The molecule has 0 saturated carbocycles. The topological polar surface area (TPSA) is 179 Å². The van der Waals surface area contributed by atoms with Crippen LogP contribution in [0.4, 0.5) is 0 Å². The van der Waals surface area contributed by atoms with E-state index >= 15 is 0 Å². The second-order valence-corrected chi connectivity index (χ2v) is 17.0. The van der Waals surface area contributed by atoms with E-state index < -0.39 is 55.2 Å². The van der Waals surface area contributed by atoms with Crippen LogP contribution in [0.1, 0.15) is 166 Å². The number of aryl methyl sites for hydroxylation is 2. The van der Waals surface area contributed by atoms with E-state index in [1.54, 1.807) is 0 Å². The third-order valence-corrected chi connectivity index (χ3v) is 11.8. The molecule has 1 unspecified atom stereocenters. The standard InChI is InChI=1S/C48H75NO12S/c1-2-3-4-5-6-13-24-33-40(56-43(52)34-25-14-9-7-11-18-27-38-29-20-16-21-30-38)36-42(51)49-45-47(46(59-62-61-60-55)41(37-50)57-48(45)54)58-44(53)35-26-15-10-8-12-19-28-39-31-22-17-23-32-39/h16-17,20-23,29-32,40-41,45-48,50,54-55H,2-15,18-19,24-28,33-37H2,1H3,(H,49,51)/t40-,41+,45+,46+,47+,48?/m0/s1. The summed E-state index contributed by atoms with van der Waals surface area (Å²) >= 11 is 0.201. The van der Waals surface area contributed by atoms with Crippen molar-refractivity contribution >= 4 is 30.2 Å². The van der Waals surface area contributed by atoms with E-state index in [9.17, 15) is 24.6 Å². The monoisotopic (exact) mass is 890 g/mol. The van der Waals surface area contributed by atoms with Crippen molar-refractivity contribution in [3.8, 4) is 0 Å². The Hall–Kier alpha value is -3.08. The highest BCUT2D eigenvalue weighted by molar-refractivity contribution is 7.89. The van der Waals surface area contributed by atoms with Gasteiger partial charge in [0.2, 0.25) is 5.91 Å². The molecule has 1 saturated heterocycles. The summed E-state index contributed by atoms with van der Waals surface area (Å²) in [6.07, 6.45) is 15.7. The fourth-order valence-electron chi connectivity index (χ4n) is 7.89. The van der Waals surface area contributed by atoms with E-state index in [1.165, 1.54) is 24.0 Å². The highest BCUT2D eigenvalue weighted by Crippen LogP contribution is 2.29. The quantitative estimate of drug-likeness (QED) is 0.0167. The van der Waals surface area contributed by atoms with Crippen LogP contribution in [-0.4, -0.2) is 76.7 Å². The zero-order valence-corrected chi connectivity index (χ0v) is 37.9. The van der Waals surface area contributed by atoms with Gasteiger partial charge in [-0.2, -0.15) is 0 Å². The number of aliphatic hydroxyl groups excluding tert-OH is 2. The van der Waals surface area contributed by atoms with Gasteiger partial charge in [-0.05, 0) is 62.5 Å². The summed E-state index contributed by atoms with van der Waals surface area (Å²) in [5, 5.41) is 36.2. The van der Waals surface area contributed by atoms with Crippen molar-refractivity contribution in [1.82, 2.24) is 5.32 Å². The Morgan fingerprint density at radius 1 is 0.694 bits per heavy atom. The Morgan fingerprint density at radius 2 is 1.21 bits per heavy atom. The summed E-state index contributed by atoms with van der Waals surface area (Å²) in [5.41, 5.74) is 2.68. The summed E-state index contributed by atoms with van der Waals surface area (Å²) in [4.78, 5) is 40.0. The summed E-state index contributed by atoms with van der Waals surface area (Å²) < 4.78 is 27.3. The molecule has 1 heterocycles. The second kappa shape index (κ2) is 34.3. The van der Waals surface area contributed by atoms with Crippen LogP contribution in [0.25, 0.3) is 0 Å². The molecule has 0 radical (unpaired) electrons. The maximum Gasteiger partial charge on any atom is 0.306 e. The van der Waals surface area contributed by atoms with Crippen LogP contribution in [0, 0.1) is 0 Å². The molecular weight excluding hydrogens is 815 g/mol. The Kier molecular flexibility index (Phi) is 29.5. The number of unbranched alkanes of at least 4 members (excludes halogenated alkanes) is 16. The normalized spacial score (nSPS) is 19.2. The largest absolute Gasteiger partial charge is 0.462 e. The molecule has 0 spiro atoms. The van der Waals surface area contributed by atoms with Gasteiger partial charge in [0, 0.05) is 12.8 Å². The number of aliphatic hydroxyl groups is 2. The number of amides is 1.